The van der Waals surface area contributed by atoms with Gasteiger partial charge in [0.1, 0.15) is 11.4 Å². The molecular weight excluding hydrogens is 405 g/mol. The molecule has 0 saturated carbocycles. The summed E-state index contributed by atoms with van der Waals surface area (Å²) >= 11 is 12.6. The van der Waals surface area contributed by atoms with Gasteiger partial charge in [-0.05, 0) is 25.5 Å². The summed E-state index contributed by atoms with van der Waals surface area (Å²) in [6.45, 7) is 4.54. The van der Waals surface area contributed by atoms with Gasteiger partial charge in [-0.1, -0.05) is 68.3 Å². The Bertz CT molecular complexity index is 808. The van der Waals surface area contributed by atoms with Gasteiger partial charge in [-0.25, -0.2) is 8.78 Å². The second-order valence-corrected chi connectivity index (χ2v) is 7.32. The molecule has 0 spiro atoms. The molecule has 2 aromatic rings. The van der Waals surface area contributed by atoms with E-state index in [1.807, 2.05) is 0 Å². The van der Waals surface area contributed by atoms with Gasteiger partial charge in [-0.15, -0.1) is 10.2 Å². The molecule has 0 heterocycles. The monoisotopic (exact) mass is 428 g/mol. The summed E-state index contributed by atoms with van der Waals surface area (Å²) in [5, 5.41) is 7.95. The maximum atomic E-state index is 13.7. The first-order chi connectivity index (χ1) is 13.5. The largest absolute Gasteiger partial charge is 0.493 e. The van der Waals surface area contributed by atoms with Crippen LogP contribution in [0, 0.1) is 18.6 Å². The lowest BCUT2D eigenvalue weighted by Crippen LogP contribution is -1.99. The Kier molecular flexibility index (Phi) is 9.13. The average molecular weight is 429 g/mol. The predicted octanol–water partition coefficient (Wildman–Crippen LogP) is 8.73. The van der Waals surface area contributed by atoms with E-state index in [2.05, 4.69) is 17.2 Å². The Hall–Kier alpha value is -1.72. The highest BCUT2D eigenvalue weighted by atomic mass is 35.5. The van der Waals surface area contributed by atoms with Crippen molar-refractivity contribution >= 4 is 34.6 Å². The van der Waals surface area contributed by atoms with Crippen LogP contribution in [0.2, 0.25) is 10.0 Å². The normalized spacial score (nSPS) is 11.4. The van der Waals surface area contributed by atoms with Gasteiger partial charge in [-0.2, -0.15) is 0 Å². The van der Waals surface area contributed by atoms with Crippen molar-refractivity contribution in [3.05, 3.63) is 51.5 Å². The van der Waals surface area contributed by atoms with Crippen LogP contribution in [0.1, 0.15) is 51.0 Å². The second-order valence-electron chi connectivity index (χ2n) is 6.53. The number of azo groups is 1. The molecule has 0 aliphatic carbocycles. The molecule has 0 bridgehead atoms. The van der Waals surface area contributed by atoms with Crippen LogP contribution in [-0.4, -0.2) is 6.61 Å². The van der Waals surface area contributed by atoms with Crippen molar-refractivity contribution in [2.24, 2.45) is 10.2 Å². The molecule has 3 nitrogen and oxygen atoms in total. The second kappa shape index (κ2) is 11.3. The molecule has 0 unspecified atom stereocenters. The minimum Gasteiger partial charge on any atom is -0.493 e. The number of nitrogens with zero attached hydrogens (tertiary/aromatic N) is 2. The summed E-state index contributed by atoms with van der Waals surface area (Å²) < 4.78 is 33.2. The Labute approximate surface area is 174 Å². The van der Waals surface area contributed by atoms with E-state index in [4.69, 9.17) is 27.9 Å². The molecule has 152 valence electrons. The van der Waals surface area contributed by atoms with Gasteiger partial charge in [0.25, 0.3) is 0 Å². The molecular formula is C21H24Cl2F2N2O. The zero-order valence-electron chi connectivity index (χ0n) is 16.1. The van der Waals surface area contributed by atoms with Gasteiger partial charge in [0, 0.05) is 11.6 Å². The standard InChI is InChI=1S/C21H24Cl2F2N2O/c1-3-4-5-6-7-8-12-28-18-13-15(22)20(19(23)14(18)2)26-27-21-16(24)10-9-11-17(21)25/h9-11,13H,3-8,12H2,1-2H3. The molecule has 28 heavy (non-hydrogen) atoms. The van der Waals surface area contributed by atoms with E-state index in [1.165, 1.54) is 31.7 Å². The molecule has 0 amide bonds. The number of ether oxygens (including phenoxy) is 1. The first-order valence-electron chi connectivity index (χ1n) is 9.42. The first-order valence-corrected chi connectivity index (χ1v) is 10.2. The van der Waals surface area contributed by atoms with E-state index in [0.29, 0.717) is 17.9 Å². The Morgan fingerprint density at radius 2 is 1.54 bits per heavy atom. The molecule has 0 fully saturated rings. The van der Waals surface area contributed by atoms with Gasteiger partial charge in [-0.3, -0.25) is 0 Å². The Balaban J connectivity index is 2.06. The lowest BCUT2D eigenvalue weighted by atomic mass is 10.1. The molecule has 0 N–H and O–H groups in total. The van der Waals surface area contributed by atoms with E-state index in [0.717, 1.165) is 25.0 Å². The van der Waals surface area contributed by atoms with Crippen molar-refractivity contribution in [2.75, 3.05) is 6.61 Å². The number of unbranched alkanes of at least 4 members (excludes halogenated alkanes) is 5. The summed E-state index contributed by atoms with van der Waals surface area (Å²) in [4.78, 5) is 0. The number of hydrogen-bond donors (Lipinski definition) is 0. The van der Waals surface area contributed by atoms with E-state index in [1.54, 1.807) is 13.0 Å². The van der Waals surface area contributed by atoms with Crippen molar-refractivity contribution < 1.29 is 13.5 Å². The zero-order chi connectivity index (χ0) is 20.5. The topological polar surface area (TPSA) is 34.0 Å². The van der Waals surface area contributed by atoms with Crippen LogP contribution >= 0.6 is 23.2 Å². The fourth-order valence-electron chi connectivity index (χ4n) is 2.67. The summed E-state index contributed by atoms with van der Waals surface area (Å²) in [6.07, 6.45) is 6.99. The highest BCUT2D eigenvalue weighted by Gasteiger charge is 2.15. The maximum Gasteiger partial charge on any atom is 0.157 e. The minimum absolute atomic E-state index is 0.149. The van der Waals surface area contributed by atoms with E-state index in [9.17, 15) is 8.78 Å². The molecule has 2 rings (SSSR count). The molecule has 0 saturated heterocycles. The van der Waals surface area contributed by atoms with E-state index < -0.39 is 17.3 Å². The van der Waals surface area contributed by atoms with Gasteiger partial charge in [0.05, 0.1) is 16.7 Å². The summed E-state index contributed by atoms with van der Waals surface area (Å²) in [5.41, 5.74) is 0.311. The highest BCUT2D eigenvalue weighted by molar-refractivity contribution is 6.39. The third-order valence-corrected chi connectivity index (χ3v) is 5.08. The molecule has 2 aromatic carbocycles. The quantitative estimate of drug-likeness (QED) is 0.275. The van der Waals surface area contributed by atoms with Crippen LogP contribution in [0.4, 0.5) is 20.2 Å². The molecule has 7 heteroatoms. The van der Waals surface area contributed by atoms with Crippen molar-refractivity contribution in [2.45, 2.75) is 52.4 Å². The van der Waals surface area contributed by atoms with Crippen molar-refractivity contribution in [3.8, 4) is 5.75 Å². The molecule has 0 radical (unpaired) electrons. The molecule has 0 atom stereocenters. The van der Waals surface area contributed by atoms with Crippen LogP contribution in [0.25, 0.3) is 0 Å². The summed E-state index contributed by atoms with van der Waals surface area (Å²) in [5.74, 6) is -1.06. The van der Waals surface area contributed by atoms with Crippen LogP contribution in [-0.2, 0) is 0 Å². The molecule has 0 aromatic heterocycles. The van der Waals surface area contributed by atoms with Crippen LogP contribution in [0.5, 0.6) is 5.75 Å². The fourth-order valence-corrected chi connectivity index (χ4v) is 3.19. The first kappa shape index (κ1) is 22.6. The predicted molar refractivity (Wildman–Crippen MR) is 111 cm³/mol. The van der Waals surface area contributed by atoms with Crippen LogP contribution in [0.15, 0.2) is 34.5 Å². The van der Waals surface area contributed by atoms with Gasteiger partial charge in [0.15, 0.2) is 17.3 Å². The van der Waals surface area contributed by atoms with E-state index >= 15 is 0 Å². The van der Waals surface area contributed by atoms with Gasteiger partial charge in [0.2, 0.25) is 0 Å². The Morgan fingerprint density at radius 3 is 2.21 bits per heavy atom. The minimum atomic E-state index is -0.813. The lowest BCUT2D eigenvalue weighted by Gasteiger charge is -2.13. The SMILES string of the molecule is CCCCCCCCOc1cc(Cl)c(N=Nc2c(F)cccc2F)c(Cl)c1C. The zero-order valence-corrected chi connectivity index (χ0v) is 17.6. The Morgan fingerprint density at radius 1 is 0.929 bits per heavy atom. The van der Waals surface area contributed by atoms with Crippen LogP contribution in [0.3, 0.4) is 0 Å². The van der Waals surface area contributed by atoms with E-state index in [-0.39, 0.29) is 15.7 Å². The summed E-state index contributed by atoms with van der Waals surface area (Å²) in [7, 11) is 0. The smallest absolute Gasteiger partial charge is 0.157 e. The summed E-state index contributed by atoms with van der Waals surface area (Å²) in [6, 6.07) is 5.06. The van der Waals surface area contributed by atoms with Gasteiger partial charge < -0.3 is 4.74 Å². The number of halogens is 4. The lowest BCUT2D eigenvalue weighted by molar-refractivity contribution is 0.302. The maximum absolute atomic E-state index is 13.7. The number of benzene rings is 2. The molecule has 0 aliphatic rings. The van der Waals surface area contributed by atoms with Gasteiger partial charge >= 0.3 is 0 Å². The van der Waals surface area contributed by atoms with Crippen molar-refractivity contribution in [1.82, 2.24) is 0 Å². The third-order valence-electron chi connectivity index (χ3n) is 4.33. The highest BCUT2D eigenvalue weighted by Crippen LogP contribution is 2.41. The number of rotatable bonds is 10. The van der Waals surface area contributed by atoms with Crippen molar-refractivity contribution in [3.63, 3.8) is 0 Å². The number of hydrogen-bond acceptors (Lipinski definition) is 3. The van der Waals surface area contributed by atoms with Crippen LogP contribution < -0.4 is 4.74 Å². The molecule has 0 aliphatic heterocycles. The third kappa shape index (κ3) is 6.14. The fraction of sp³-hybridized carbons (Fsp3) is 0.429. The average Bonchev–Trinajstić information content (AvgIpc) is 2.66. The van der Waals surface area contributed by atoms with Crippen molar-refractivity contribution in [1.29, 1.82) is 0 Å².